The van der Waals surface area contributed by atoms with Crippen molar-refractivity contribution in [1.82, 2.24) is 0 Å². The number of aromatic hydroxyl groups is 1. The summed E-state index contributed by atoms with van der Waals surface area (Å²) in [6.45, 7) is 4.83. The minimum Gasteiger partial charge on any atom is -0.508 e. The first-order chi connectivity index (χ1) is 6.63. The van der Waals surface area contributed by atoms with Gasteiger partial charge in [-0.25, -0.2) is 0 Å². The lowest BCUT2D eigenvalue weighted by atomic mass is 10.0. The molecule has 0 heterocycles. The highest BCUT2D eigenvalue weighted by atomic mass is 16.3. The molecule has 14 heavy (non-hydrogen) atoms. The lowest BCUT2D eigenvalue weighted by Gasteiger charge is -2.07. The lowest BCUT2D eigenvalue weighted by Crippen LogP contribution is -1.99. The minimum absolute atomic E-state index is 0.306. The van der Waals surface area contributed by atoms with E-state index in [-0.39, 0.29) is 0 Å². The van der Waals surface area contributed by atoms with Crippen molar-refractivity contribution in [3.63, 3.8) is 0 Å². The predicted octanol–water partition coefficient (Wildman–Crippen LogP) is 2.44. The fraction of sp³-hybridized carbons (Fsp3) is 0.500. The Hall–Kier alpha value is -1.02. The molecule has 0 unspecified atom stereocenters. The molecule has 3 N–H and O–H groups in total. The third kappa shape index (κ3) is 3.04. The quantitative estimate of drug-likeness (QED) is 0.771. The summed E-state index contributed by atoms with van der Waals surface area (Å²) >= 11 is 0. The standard InChI is InChI=1S/C12H19NO/c1-9(2)3-4-10-5-6-12(14)11(7-10)8-13/h5-7,9,14H,3-4,8,13H2,1-2H3. The zero-order valence-corrected chi connectivity index (χ0v) is 8.96. The molecule has 78 valence electrons. The Labute approximate surface area is 85.8 Å². The summed E-state index contributed by atoms with van der Waals surface area (Å²) in [6.07, 6.45) is 2.24. The number of hydrogen-bond acceptors (Lipinski definition) is 2. The topological polar surface area (TPSA) is 46.2 Å². The Balaban J connectivity index is 2.69. The van der Waals surface area contributed by atoms with Crippen LogP contribution in [0.4, 0.5) is 0 Å². The lowest BCUT2D eigenvalue weighted by molar-refractivity contribution is 0.468. The first-order valence-corrected chi connectivity index (χ1v) is 5.14. The molecule has 1 aromatic rings. The van der Waals surface area contributed by atoms with Gasteiger partial charge in [-0.1, -0.05) is 26.0 Å². The Kier molecular flexibility index (Phi) is 3.96. The Bertz CT molecular complexity index is 294. The van der Waals surface area contributed by atoms with Crippen LogP contribution in [-0.4, -0.2) is 5.11 Å². The average Bonchev–Trinajstić information content (AvgIpc) is 2.16. The fourth-order valence-corrected chi connectivity index (χ4v) is 1.41. The molecule has 0 aliphatic rings. The van der Waals surface area contributed by atoms with Crippen LogP contribution < -0.4 is 5.73 Å². The SMILES string of the molecule is CC(C)CCc1ccc(O)c(CN)c1. The van der Waals surface area contributed by atoms with E-state index >= 15 is 0 Å². The number of phenols is 1. The van der Waals surface area contributed by atoms with Gasteiger partial charge < -0.3 is 10.8 Å². The number of aryl methyl sites for hydroxylation is 1. The molecule has 2 nitrogen and oxygen atoms in total. The molecule has 0 saturated heterocycles. The van der Waals surface area contributed by atoms with E-state index in [0.717, 1.165) is 12.0 Å². The molecule has 1 rings (SSSR count). The van der Waals surface area contributed by atoms with E-state index in [4.69, 9.17) is 5.73 Å². The second-order valence-corrected chi connectivity index (χ2v) is 4.10. The summed E-state index contributed by atoms with van der Waals surface area (Å²) in [4.78, 5) is 0. The molecular formula is C12H19NO. The predicted molar refractivity (Wildman–Crippen MR) is 59.2 cm³/mol. The van der Waals surface area contributed by atoms with Gasteiger partial charge in [-0.3, -0.25) is 0 Å². The molecule has 0 amide bonds. The van der Waals surface area contributed by atoms with Crippen molar-refractivity contribution in [3.8, 4) is 5.75 Å². The molecule has 2 heteroatoms. The summed E-state index contributed by atoms with van der Waals surface area (Å²) in [5.41, 5.74) is 7.62. The summed E-state index contributed by atoms with van der Waals surface area (Å²) in [7, 11) is 0. The molecule has 0 bridgehead atoms. The highest BCUT2D eigenvalue weighted by Crippen LogP contribution is 2.19. The molecule has 0 aromatic heterocycles. The fourth-order valence-electron chi connectivity index (χ4n) is 1.41. The maximum atomic E-state index is 9.43. The third-order valence-electron chi connectivity index (χ3n) is 2.37. The zero-order valence-electron chi connectivity index (χ0n) is 8.96. The normalized spacial score (nSPS) is 10.9. The Morgan fingerprint density at radius 3 is 2.64 bits per heavy atom. The van der Waals surface area contributed by atoms with E-state index in [1.807, 2.05) is 12.1 Å². The number of benzene rings is 1. The summed E-state index contributed by atoms with van der Waals surface area (Å²) in [6, 6.07) is 5.70. The Morgan fingerprint density at radius 1 is 1.36 bits per heavy atom. The highest BCUT2D eigenvalue weighted by Gasteiger charge is 2.02. The molecular weight excluding hydrogens is 174 g/mol. The molecule has 0 aliphatic carbocycles. The number of rotatable bonds is 4. The van der Waals surface area contributed by atoms with Gasteiger partial charge in [-0.05, 0) is 30.4 Å². The third-order valence-corrected chi connectivity index (χ3v) is 2.37. The van der Waals surface area contributed by atoms with Crippen molar-refractivity contribution in [2.75, 3.05) is 0 Å². The van der Waals surface area contributed by atoms with Crippen molar-refractivity contribution in [2.24, 2.45) is 11.7 Å². The van der Waals surface area contributed by atoms with Crippen LogP contribution in [0.25, 0.3) is 0 Å². The van der Waals surface area contributed by atoms with Gasteiger partial charge in [0.2, 0.25) is 0 Å². The van der Waals surface area contributed by atoms with Gasteiger partial charge in [-0.15, -0.1) is 0 Å². The minimum atomic E-state index is 0.306. The van der Waals surface area contributed by atoms with Crippen LogP contribution in [0.1, 0.15) is 31.4 Å². The smallest absolute Gasteiger partial charge is 0.120 e. The van der Waals surface area contributed by atoms with E-state index in [1.165, 1.54) is 12.0 Å². The van der Waals surface area contributed by atoms with Gasteiger partial charge in [0.25, 0.3) is 0 Å². The van der Waals surface area contributed by atoms with Crippen molar-refractivity contribution in [2.45, 2.75) is 33.2 Å². The maximum absolute atomic E-state index is 9.43. The monoisotopic (exact) mass is 193 g/mol. The molecule has 0 aliphatic heterocycles. The van der Waals surface area contributed by atoms with Gasteiger partial charge in [0.1, 0.15) is 5.75 Å². The van der Waals surface area contributed by atoms with Crippen LogP contribution in [0.5, 0.6) is 5.75 Å². The van der Waals surface area contributed by atoms with Crippen LogP contribution >= 0.6 is 0 Å². The van der Waals surface area contributed by atoms with Crippen molar-refractivity contribution in [1.29, 1.82) is 0 Å². The van der Waals surface area contributed by atoms with E-state index in [2.05, 4.69) is 13.8 Å². The van der Waals surface area contributed by atoms with Crippen molar-refractivity contribution >= 4 is 0 Å². The van der Waals surface area contributed by atoms with E-state index in [0.29, 0.717) is 18.2 Å². The molecule has 1 aromatic carbocycles. The number of nitrogens with two attached hydrogens (primary N) is 1. The molecule has 0 spiro atoms. The van der Waals surface area contributed by atoms with E-state index in [1.54, 1.807) is 6.07 Å². The van der Waals surface area contributed by atoms with Crippen molar-refractivity contribution in [3.05, 3.63) is 29.3 Å². The van der Waals surface area contributed by atoms with Gasteiger partial charge >= 0.3 is 0 Å². The summed E-state index contributed by atoms with van der Waals surface area (Å²) in [5, 5.41) is 9.43. The van der Waals surface area contributed by atoms with Gasteiger partial charge in [0.15, 0.2) is 0 Å². The zero-order chi connectivity index (χ0) is 10.6. The van der Waals surface area contributed by atoms with E-state index < -0.39 is 0 Å². The van der Waals surface area contributed by atoms with Crippen LogP contribution in [-0.2, 0) is 13.0 Å². The first-order valence-electron chi connectivity index (χ1n) is 5.14. The second-order valence-electron chi connectivity index (χ2n) is 4.10. The van der Waals surface area contributed by atoms with Crippen LogP contribution in [0.2, 0.25) is 0 Å². The number of hydrogen-bond donors (Lipinski definition) is 2. The largest absolute Gasteiger partial charge is 0.508 e. The molecule has 0 radical (unpaired) electrons. The summed E-state index contributed by atoms with van der Waals surface area (Å²) < 4.78 is 0. The van der Waals surface area contributed by atoms with Gasteiger partial charge in [0, 0.05) is 12.1 Å². The van der Waals surface area contributed by atoms with Crippen LogP contribution in [0.15, 0.2) is 18.2 Å². The van der Waals surface area contributed by atoms with Crippen LogP contribution in [0, 0.1) is 5.92 Å². The molecule has 0 saturated carbocycles. The van der Waals surface area contributed by atoms with Crippen molar-refractivity contribution < 1.29 is 5.11 Å². The van der Waals surface area contributed by atoms with E-state index in [9.17, 15) is 5.11 Å². The summed E-state index contributed by atoms with van der Waals surface area (Å²) in [5.74, 6) is 1.02. The van der Waals surface area contributed by atoms with Crippen LogP contribution in [0.3, 0.4) is 0 Å². The average molecular weight is 193 g/mol. The Morgan fingerprint density at radius 2 is 2.07 bits per heavy atom. The van der Waals surface area contributed by atoms with Gasteiger partial charge in [-0.2, -0.15) is 0 Å². The molecule has 0 atom stereocenters. The van der Waals surface area contributed by atoms with Gasteiger partial charge in [0.05, 0.1) is 0 Å². The second kappa shape index (κ2) is 5.01. The number of phenolic OH excluding ortho intramolecular Hbond substituents is 1. The first kappa shape index (κ1) is 11.1. The molecule has 0 fully saturated rings. The maximum Gasteiger partial charge on any atom is 0.120 e. The highest BCUT2D eigenvalue weighted by molar-refractivity contribution is 5.36.